The van der Waals surface area contributed by atoms with Crippen LogP contribution in [0.5, 0.6) is 0 Å². The maximum Gasteiger partial charge on any atom is 0.306 e. The molecule has 172 valence electrons. The number of carbonyl (C=O) groups excluding carboxylic acids is 5. The largest absolute Gasteiger partial charge is 0.462 e. The fourth-order valence-corrected chi connectivity index (χ4v) is 2.44. The minimum Gasteiger partial charge on any atom is -0.462 e. The molecule has 0 spiro atoms. The topological polar surface area (TPSA) is 122 Å². The molecule has 0 unspecified atom stereocenters. The van der Waals surface area contributed by atoms with Gasteiger partial charge in [0.1, 0.15) is 6.61 Å². The van der Waals surface area contributed by atoms with Crippen LogP contribution >= 0.6 is 0 Å². The van der Waals surface area contributed by atoms with E-state index in [9.17, 15) is 24.0 Å². The summed E-state index contributed by atoms with van der Waals surface area (Å²) in [6.07, 6.45) is -1.54. The molecule has 3 atom stereocenters. The van der Waals surface area contributed by atoms with E-state index in [2.05, 4.69) is 0 Å². The molecule has 0 saturated carbocycles. The quantitative estimate of drug-likeness (QED) is 0.206. The molecular weight excluding hydrogens is 396 g/mol. The highest BCUT2D eigenvalue weighted by Crippen LogP contribution is 2.16. The maximum absolute atomic E-state index is 12.1. The van der Waals surface area contributed by atoms with Crippen LogP contribution in [-0.4, -0.2) is 55.1 Å². The van der Waals surface area contributed by atoms with Crippen LogP contribution in [0.25, 0.3) is 0 Å². The summed E-state index contributed by atoms with van der Waals surface area (Å²) in [6.45, 7) is 6.66. The summed E-state index contributed by atoms with van der Waals surface area (Å²) < 4.78 is 21.0. The van der Waals surface area contributed by atoms with Crippen molar-refractivity contribution in [2.45, 2.75) is 97.4 Å². The van der Waals surface area contributed by atoms with E-state index in [0.717, 1.165) is 0 Å². The number of ether oxygens (including phenoxy) is 4. The van der Waals surface area contributed by atoms with E-state index in [-0.39, 0.29) is 25.7 Å². The lowest BCUT2D eigenvalue weighted by atomic mass is 10.1. The second-order valence-electron chi connectivity index (χ2n) is 6.76. The lowest BCUT2D eigenvalue weighted by Gasteiger charge is -2.30. The molecule has 0 aliphatic rings. The van der Waals surface area contributed by atoms with Crippen molar-refractivity contribution in [3.63, 3.8) is 0 Å². The Morgan fingerprint density at radius 2 is 1.10 bits per heavy atom. The lowest BCUT2D eigenvalue weighted by molar-refractivity contribution is -0.191. The Labute approximate surface area is 177 Å². The number of hydrogen-bond acceptors (Lipinski definition) is 9. The zero-order chi connectivity index (χ0) is 22.9. The molecule has 0 aliphatic heterocycles. The maximum atomic E-state index is 12.1. The molecule has 0 aromatic rings. The third kappa shape index (κ3) is 11.5. The van der Waals surface area contributed by atoms with E-state index in [1.54, 1.807) is 27.7 Å². The van der Waals surface area contributed by atoms with Crippen LogP contribution in [0.3, 0.4) is 0 Å². The fraction of sp³-hybridized carbons (Fsp3) is 0.762. The van der Waals surface area contributed by atoms with Crippen molar-refractivity contribution in [3.8, 4) is 0 Å². The average Bonchev–Trinajstić information content (AvgIpc) is 2.68. The molecule has 0 amide bonds. The van der Waals surface area contributed by atoms with Crippen LogP contribution < -0.4 is 0 Å². The fourth-order valence-electron chi connectivity index (χ4n) is 2.44. The molecule has 9 nitrogen and oxygen atoms in total. The Morgan fingerprint density at radius 3 is 1.57 bits per heavy atom. The van der Waals surface area contributed by atoms with Crippen LogP contribution in [0.4, 0.5) is 0 Å². The van der Waals surface area contributed by atoms with Gasteiger partial charge in [0.05, 0.1) is 0 Å². The van der Waals surface area contributed by atoms with Crippen molar-refractivity contribution in [1.29, 1.82) is 0 Å². The number of rotatable bonds is 16. The Balaban J connectivity index is 5.70. The smallest absolute Gasteiger partial charge is 0.306 e. The van der Waals surface area contributed by atoms with Crippen LogP contribution in [0.2, 0.25) is 0 Å². The number of aldehydes is 1. The summed E-state index contributed by atoms with van der Waals surface area (Å²) in [5, 5.41) is 0. The van der Waals surface area contributed by atoms with Crippen molar-refractivity contribution < 1.29 is 42.9 Å². The minimum atomic E-state index is -1.51. The monoisotopic (exact) mass is 430 g/mol. The molecule has 0 aromatic carbocycles. The third-order valence-electron chi connectivity index (χ3n) is 3.87. The minimum absolute atomic E-state index is 0.0518. The van der Waals surface area contributed by atoms with E-state index in [0.29, 0.717) is 32.0 Å². The van der Waals surface area contributed by atoms with E-state index < -0.39 is 48.8 Å². The Hall–Kier alpha value is -2.45. The van der Waals surface area contributed by atoms with Gasteiger partial charge in [-0.3, -0.25) is 24.0 Å². The first-order valence-corrected chi connectivity index (χ1v) is 10.5. The summed E-state index contributed by atoms with van der Waals surface area (Å²) in [7, 11) is 0. The summed E-state index contributed by atoms with van der Waals surface area (Å²) >= 11 is 0. The zero-order valence-corrected chi connectivity index (χ0v) is 18.3. The van der Waals surface area contributed by atoms with Gasteiger partial charge in [0.25, 0.3) is 0 Å². The molecule has 0 aromatic heterocycles. The second-order valence-corrected chi connectivity index (χ2v) is 6.76. The van der Waals surface area contributed by atoms with Crippen molar-refractivity contribution in [1.82, 2.24) is 0 Å². The normalized spacial score (nSPS) is 13.5. The molecule has 0 rings (SSSR count). The van der Waals surface area contributed by atoms with Gasteiger partial charge in [-0.25, -0.2) is 0 Å². The standard InChI is InChI=1S/C21H34O9/c1-5-9-17(23)27-14-16(29-19(25)11-7-3)21(30-20(26)12-8-4)15(13-22)28-18(24)10-6-2/h13,15-16,21H,5-12,14H2,1-4H3/t15-,16+,21-/m0/s1. The van der Waals surface area contributed by atoms with Gasteiger partial charge in [-0.2, -0.15) is 0 Å². The molecule has 0 radical (unpaired) electrons. The Bertz CT molecular complexity index is 559. The summed E-state index contributed by atoms with van der Waals surface area (Å²) in [4.78, 5) is 59.6. The Morgan fingerprint density at radius 1 is 0.667 bits per heavy atom. The highest BCUT2D eigenvalue weighted by molar-refractivity contribution is 5.74. The van der Waals surface area contributed by atoms with Gasteiger partial charge in [0, 0.05) is 25.7 Å². The van der Waals surface area contributed by atoms with Crippen LogP contribution in [0, 0.1) is 0 Å². The third-order valence-corrected chi connectivity index (χ3v) is 3.87. The molecule has 0 bridgehead atoms. The predicted molar refractivity (Wildman–Crippen MR) is 106 cm³/mol. The molecule has 30 heavy (non-hydrogen) atoms. The first kappa shape index (κ1) is 27.5. The van der Waals surface area contributed by atoms with Crippen molar-refractivity contribution in [2.75, 3.05) is 6.61 Å². The second kappa shape index (κ2) is 16.4. The van der Waals surface area contributed by atoms with Crippen LogP contribution in [0.1, 0.15) is 79.1 Å². The lowest BCUT2D eigenvalue weighted by Crippen LogP contribution is -2.48. The predicted octanol–water partition coefficient (Wildman–Crippen LogP) is 2.66. The van der Waals surface area contributed by atoms with Crippen molar-refractivity contribution >= 4 is 30.2 Å². The van der Waals surface area contributed by atoms with Gasteiger partial charge in [-0.15, -0.1) is 0 Å². The molecule has 0 heterocycles. The first-order valence-electron chi connectivity index (χ1n) is 10.5. The molecule has 9 heteroatoms. The van der Waals surface area contributed by atoms with Crippen molar-refractivity contribution in [3.05, 3.63) is 0 Å². The molecule has 0 saturated heterocycles. The summed E-state index contributed by atoms with van der Waals surface area (Å²) in [5.41, 5.74) is 0. The first-order chi connectivity index (χ1) is 14.3. The molecular formula is C21H34O9. The van der Waals surface area contributed by atoms with Gasteiger partial charge >= 0.3 is 23.9 Å². The van der Waals surface area contributed by atoms with E-state index >= 15 is 0 Å². The molecule has 0 fully saturated rings. The van der Waals surface area contributed by atoms with Gasteiger partial charge < -0.3 is 18.9 Å². The summed E-state index contributed by atoms with van der Waals surface area (Å²) in [6, 6.07) is 0. The average molecular weight is 430 g/mol. The van der Waals surface area contributed by atoms with Crippen LogP contribution in [-0.2, 0) is 42.9 Å². The van der Waals surface area contributed by atoms with E-state index in [4.69, 9.17) is 18.9 Å². The molecule has 0 N–H and O–H groups in total. The van der Waals surface area contributed by atoms with E-state index in [1.165, 1.54) is 0 Å². The van der Waals surface area contributed by atoms with Crippen LogP contribution in [0.15, 0.2) is 0 Å². The number of carbonyl (C=O) groups is 5. The highest BCUT2D eigenvalue weighted by atomic mass is 16.6. The number of esters is 4. The van der Waals surface area contributed by atoms with Gasteiger partial charge in [-0.1, -0.05) is 27.7 Å². The van der Waals surface area contributed by atoms with Crippen molar-refractivity contribution in [2.24, 2.45) is 0 Å². The van der Waals surface area contributed by atoms with Gasteiger partial charge in [0.2, 0.25) is 0 Å². The van der Waals surface area contributed by atoms with E-state index in [1.807, 2.05) is 0 Å². The highest BCUT2D eigenvalue weighted by Gasteiger charge is 2.39. The molecule has 0 aliphatic carbocycles. The zero-order valence-electron chi connectivity index (χ0n) is 18.3. The summed E-state index contributed by atoms with van der Waals surface area (Å²) in [5.74, 6) is -2.46. The Kier molecular flexibility index (Phi) is 15.0. The van der Waals surface area contributed by atoms with Gasteiger partial charge in [-0.05, 0) is 25.7 Å². The van der Waals surface area contributed by atoms with Gasteiger partial charge in [0.15, 0.2) is 24.6 Å². The SMILES string of the molecule is CCCC(=O)OC[C@@H](OC(=O)CCC)[C@@H](OC(=O)CCC)[C@H](C=O)OC(=O)CCC. The number of hydrogen-bond donors (Lipinski definition) is 0.